The summed E-state index contributed by atoms with van der Waals surface area (Å²) in [6.45, 7) is 1.47. The highest BCUT2D eigenvalue weighted by atomic mass is 16.2. The number of allylic oxidation sites excluding steroid dienone is 5. The van der Waals surface area contributed by atoms with Gasteiger partial charge in [-0.15, -0.1) is 0 Å². The second kappa shape index (κ2) is 2.52. The van der Waals surface area contributed by atoms with Crippen molar-refractivity contribution in [3.8, 4) is 0 Å². The molecule has 0 bridgehead atoms. The second-order valence-corrected chi connectivity index (χ2v) is 2.08. The molecule has 0 aromatic rings. The Morgan fingerprint density at radius 2 is 2.40 bits per heavy atom. The van der Waals surface area contributed by atoms with Gasteiger partial charge in [0.05, 0.1) is 6.26 Å². The molecule has 0 heterocycles. The molecule has 0 saturated heterocycles. The Morgan fingerprint density at radius 1 is 1.70 bits per heavy atom. The smallest absolute Gasteiger partial charge is 0.160 e. The van der Waals surface area contributed by atoms with E-state index in [2.05, 4.69) is 0 Å². The van der Waals surface area contributed by atoms with Crippen molar-refractivity contribution < 1.29 is 9.90 Å². The summed E-state index contributed by atoms with van der Waals surface area (Å²) >= 11 is 0. The topological polar surface area (TPSA) is 37.3 Å². The Kier molecular flexibility index (Phi) is 1.71. The molecule has 1 aliphatic rings. The van der Waals surface area contributed by atoms with Gasteiger partial charge in [-0.05, 0) is 6.92 Å². The van der Waals surface area contributed by atoms with Crippen LogP contribution >= 0.6 is 0 Å². The number of Topliss-reactive ketones (excluding diaryl/α,β-unsaturated/α-hetero) is 1. The highest BCUT2D eigenvalue weighted by molar-refractivity contribution is 5.99. The van der Waals surface area contributed by atoms with Crippen molar-refractivity contribution in [2.75, 3.05) is 0 Å². The molecule has 1 N–H and O–H groups in total. The number of rotatable bonds is 1. The van der Waals surface area contributed by atoms with Crippen LogP contribution in [0.25, 0.3) is 0 Å². The molecule has 0 saturated carbocycles. The van der Waals surface area contributed by atoms with Crippen molar-refractivity contribution in [3.63, 3.8) is 0 Å². The lowest BCUT2D eigenvalue weighted by Crippen LogP contribution is -1.95. The van der Waals surface area contributed by atoms with E-state index in [1.54, 1.807) is 18.2 Å². The molecule has 10 heavy (non-hydrogen) atoms. The van der Waals surface area contributed by atoms with E-state index in [4.69, 9.17) is 5.11 Å². The van der Waals surface area contributed by atoms with Crippen molar-refractivity contribution in [2.45, 2.75) is 6.92 Å². The van der Waals surface area contributed by atoms with Crippen LogP contribution in [0.5, 0.6) is 0 Å². The maximum Gasteiger partial charge on any atom is 0.160 e. The van der Waals surface area contributed by atoms with Crippen molar-refractivity contribution in [1.29, 1.82) is 0 Å². The first-order chi connectivity index (χ1) is 4.75. The van der Waals surface area contributed by atoms with E-state index in [1.807, 2.05) is 0 Å². The Morgan fingerprint density at radius 3 is 2.80 bits per heavy atom. The minimum absolute atomic E-state index is 0.0229. The molecule has 2 nitrogen and oxygen atoms in total. The van der Waals surface area contributed by atoms with Crippen LogP contribution < -0.4 is 0 Å². The van der Waals surface area contributed by atoms with Crippen LogP contribution in [0.3, 0.4) is 0 Å². The molecule has 0 aromatic carbocycles. The van der Waals surface area contributed by atoms with E-state index < -0.39 is 0 Å². The monoisotopic (exact) mass is 136 g/mol. The summed E-state index contributed by atoms with van der Waals surface area (Å²) in [7, 11) is 0. The second-order valence-electron chi connectivity index (χ2n) is 2.08. The largest absolute Gasteiger partial charge is 0.515 e. The summed E-state index contributed by atoms with van der Waals surface area (Å²) < 4.78 is 0. The lowest BCUT2D eigenvalue weighted by atomic mass is 10.1. The van der Waals surface area contributed by atoms with Crippen molar-refractivity contribution in [3.05, 3.63) is 35.6 Å². The predicted octanol–water partition coefficient (Wildman–Crippen LogP) is 1.51. The molecular formula is C8H8O2. The van der Waals surface area contributed by atoms with Gasteiger partial charge in [-0.2, -0.15) is 0 Å². The highest BCUT2D eigenvalue weighted by Crippen LogP contribution is 2.17. The number of hydrogen-bond acceptors (Lipinski definition) is 2. The van der Waals surface area contributed by atoms with Crippen LogP contribution in [0.2, 0.25) is 0 Å². The van der Waals surface area contributed by atoms with Gasteiger partial charge in [-0.25, -0.2) is 0 Å². The van der Waals surface area contributed by atoms with Gasteiger partial charge in [0.2, 0.25) is 0 Å². The molecular weight excluding hydrogens is 128 g/mol. The average molecular weight is 136 g/mol. The van der Waals surface area contributed by atoms with E-state index in [-0.39, 0.29) is 5.78 Å². The van der Waals surface area contributed by atoms with Crippen LogP contribution in [0.4, 0.5) is 0 Å². The highest BCUT2D eigenvalue weighted by Gasteiger charge is 2.09. The molecule has 0 radical (unpaired) electrons. The average Bonchev–Trinajstić information content (AvgIpc) is 2.33. The Labute approximate surface area is 59.2 Å². The fraction of sp³-hybridized carbons (Fsp3) is 0.125. The van der Waals surface area contributed by atoms with Crippen LogP contribution in [-0.4, -0.2) is 10.9 Å². The molecule has 0 unspecified atom stereocenters. The number of aliphatic hydroxyl groups excluding tert-OH is 1. The van der Waals surface area contributed by atoms with E-state index in [1.165, 1.54) is 6.92 Å². The van der Waals surface area contributed by atoms with Gasteiger partial charge < -0.3 is 5.11 Å². The summed E-state index contributed by atoms with van der Waals surface area (Å²) in [6, 6.07) is 0. The van der Waals surface area contributed by atoms with Gasteiger partial charge in [0, 0.05) is 11.1 Å². The third-order valence-electron chi connectivity index (χ3n) is 1.37. The number of carbonyl (C=O) groups excluding carboxylic acids is 1. The van der Waals surface area contributed by atoms with Crippen LogP contribution in [0, 0.1) is 0 Å². The summed E-state index contributed by atoms with van der Waals surface area (Å²) in [4.78, 5) is 10.8. The molecule has 0 spiro atoms. The summed E-state index contributed by atoms with van der Waals surface area (Å²) in [5, 5.41) is 8.58. The Hall–Kier alpha value is -1.31. The van der Waals surface area contributed by atoms with Crippen LogP contribution in [-0.2, 0) is 4.79 Å². The molecule has 1 aliphatic carbocycles. The Balaban J connectivity index is 2.93. The van der Waals surface area contributed by atoms with Gasteiger partial charge in [0.15, 0.2) is 5.78 Å². The molecule has 0 aliphatic heterocycles. The number of hydrogen-bond donors (Lipinski definition) is 1. The van der Waals surface area contributed by atoms with E-state index in [0.29, 0.717) is 11.1 Å². The molecule has 1 rings (SSSR count). The first-order valence-corrected chi connectivity index (χ1v) is 3.00. The quantitative estimate of drug-likeness (QED) is 0.555. The van der Waals surface area contributed by atoms with Crippen molar-refractivity contribution in [2.24, 2.45) is 0 Å². The lowest BCUT2D eigenvalue weighted by molar-refractivity contribution is -0.113. The van der Waals surface area contributed by atoms with Crippen LogP contribution in [0.1, 0.15) is 6.92 Å². The predicted molar refractivity (Wildman–Crippen MR) is 38.6 cm³/mol. The third kappa shape index (κ3) is 1.00. The van der Waals surface area contributed by atoms with Gasteiger partial charge >= 0.3 is 0 Å². The summed E-state index contributed by atoms with van der Waals surface area (Å²) in [5.74, 6) is -0.0229. The normalized spacial score (nSPS) is 19.7. The molecule has 52 valence electrons. The van der Waals surface area contributed by atoms with Gasteiger partial charge in [-0.3, -0.25) is 4.79 Å². The minimum Gasteiger partial charge on any atom is -0.515 e. The van der Waals surface area contributed by atoms with E-state index in [9.17, 15) is 4.79 Å². The first-order valence-electron chi connectivity index (χ1n) is 3.00. The van der Waals surface area contributed by atoms with Gasteiger partial charge in [0.1, 0.15) is 0 Å². The maximum atomic E-state index is 10.8. The standard InChI is InChI=1S/C8H8O2/c1-6(10)8-4-2-3-7(8)5-9/h2-5,9H,1H3. The van der Waals surface area contributed by atoms with Gasteiger partial charge in [-0.1, -0.05) is 18.2 Å². The Bertz CT molecular complexity index is 244. The fourth-order valence-corrected chi connectivity index (χ4v) is 0.867. The van der Waals surface area contributed by atoms with Crippen LogP contribution in [0.15, 0.2) is 35.6 Å². The zero-order chi connectivity index (χ0) is 7.56. The molecule has 0 amide bonds. The summed E-state index contributed by atoms with van der Waals surface area (Å²) in [5.41, 5.74) is 1.16. The zero-order valence-corrected chi connectivity index (χ0v) is 5.66. The fourth-order valence-electron chi connectivity index (χ4n) is 0.867. The number of aliphatic hydroxyl groups is 1. The minimum atomic E-state index is -0.0229. The maximum absolute atomic E-state index is 10.8. The SMILES string of the molecule is CC(=O)C1=CC=CC1=CO. The molecule has 0 aromatic heterocycles. The van der Waals surface area contributed by atoms with Gasteiger partial charge in [0.25, 0.3) is 0 Å². The third-order valence-corrected chi connectivity index (χ3v) is 1.37. The van der Waals surface area contributed by atoms with E-state index >= 15 is 0 Å². The number of carbonyl (C=O) groups is 1. The van der Waals surface area contributed by atoms with Crippen molar-refractivity contribution >= 4 is 5.78 Å². The summed E-state index contributed by atoms with van der Waals surface area (Å²) in [6.07, 6.45) is 6.05. The zero-order valence-electron chi connectivity index (χ0n) is 5.66. The first kappa shape index (κ1) is 6.81. The lowest BCUT2D eigenvalue weighted by Gasteiger charge is -1.95. The molecule has 0 fully saturated rings. The molecule has 2 heteroatoms. The number of ketones is 1. The van der Waals surface area contributed by atoms with Crippen molar-refractivity contribution in [1.82, 2.24) is 0 Å². The van der Waals surface area contributed by atoms with E-state index in [0.717, 1.165) is 6.26 Å². The molecule has 0 atom stereocenters.